The van der Waals surface area contributed by atoms with Gasteiger partial charge >= 0.3 is 0 Å². The van der Waals surface area contributed by atoms with Gasteiger partial charge in [-0.3, -0.25) is 0 Å². The standard InChI is InChI=1S/C60H50N2O/c1-59(2,3)50-36-47(40-22-13-8-14-23-40)35-49-55-54(43-26-17-10-18-27-43)48(37-51(60(4,5)6)57(55)63-56(49)50)41-30-32-44(33-31-41)58-61-52(42-24-15-9-16-25-42)38-53(62-58)46-29-19-28-45(34-46)39-20-11-7-12-21-39/h7-38H,1-6H3. The predicted octanol–water partition coefficient (Wildman–Crippen LogP) is 16.6. The molecule has 8 aromatic carbocycles. The summed E-state index contributed by atoms with van der Waals surface area (Å²) in [6.45, 7) is 13.7. The number of fused-ring (bicyclic) bond motifs is 3. The van der Waals surface area contributed by atoms with Crippen LogP contribution >= 0.6 is 0 Å². The van der Waals surface area contributed by atoms with E-state index in [1.54, 1.807) is 0 Å². The SMILES string of the molecule is CC(C)(C)c1cc(-c2ccccc2)cc2c1oc1c(C(C)(C)C)cc(-c3ccc(-c4nc(-c5ccccc5)cc(-c5cccc(-c6ccccc6)c5)n4)cc3)c(-c3ccccc3)c12. The van der Waals surface area contributed by atoms with E-state index in [0.717, 1.165) is 77.8 Å². The molecule has 0 saturated carbocycles. The molecule has 0 fully saturated rings. The maximum absolute atomic E-state index is 7.20. The molecular weight excluding hydrogens is 765 g/mol. The summed E-state index contributed by atoms with van der Waals surface area (Å²) >= 11 is 0. The van der Waals surface area contributed by atoms with Crippen LogP contribution < -0.4 is 0 Å². The zero-order chi connectivity index (χ0) is 43.3. The van der Waals surface area contributed by atoms with Gasteiger partial charge in [-0.25, -0.2) is 9.97 Å². The van der Waals surface area contributed by atoms with E-state index in [9.17, 15) is 0 Å². The minimum absolute atomic E-state index is 0.158. The van der Waals surface area contributed by atoms with Crippen molar-refractivity contribution < 1.29 is 4.42 Å². The molecule has 0 aliphatic rings. The number of benzene rings is 8. The molecule has 0 radical (unpaired) electrons. The van der Waals surface area contributed by atoms with Gasteiger partial charge in [-0.1, -0.05) is 205 Å². The van der Waals surface area contributed by atoms with Gasteiger partial charge in [0.05, 0.1) is 11.4 Å². The molecule has 0 atom stereocenters. The van der Waals surface area contributed by atoms with Crippen molar-refractivity contribution in [1.29, 1.82) is 0 Å². The molecule has 306 valence electrons. The minimum atomic E-state index is -0.208. The normalized spacial score (nSPS) is 12.0. The van der Waals surface area contributed by atoms with Crippen LogP contribution in [0.5, 0.6) is 0 Å². The molecular formula is C60H50N2O. The molecule has 10 rings (SSSR count). The molecule has 0 saturated heterocycles. The highest BCUT2D eigenvalue weighted by Gasteiger charge is 2.30. The number of rotatable bonds is 7. The topological polar surface area (TPSA) is 38.9 Å². The number of hydrogen-bond donors (Lipinski definition) is 0. The Kier molecular flexibility index (Phi) is 9.99. The molecule has 0 spiro atoms. The fourth-order valence-corrected chi connectivity index (χ4v) is 8.87. The van der Waals surface area contributed by atoms with Gasteiger partial charge in [-0.2, -0.15) is 0 Å². The molecule has 10 aromatic rings. The zero-order valence-electron chi connectivity index (χ0n) is 36.8. The first-order valence-electron chi connectivity index (χ1n) is 21.9. The smallest absolute Gasteiger partial charge is 0.160 e. The molecule has 0 aliphatic carbocycles. The van der Waals surface area contributed by atoms with Crippen LogP contribution in [0.3, 0.4) is 0 Å². The Morgan fingerprint density at radius 3 is 1.41 bits per heavy atom. The third kappa shape index (κ3) is 7.65. The Bertz CT molecular complexity index is 3240. The van der Waals surface area contributed by atoms with Crippen molar-refractivity contribution in [2.24, 2.45) is 0 Å². The van der Waals surface area contributed by atoms with E-state index in [4.69, 9.17) is 14.4 Å². The Morgan fingerprint density at radius 2 is 0.825 bits per heavy atom. The lowest BCUT2D eigenvalue weighted by molar-refractivity contribution is 0.557. The minimum Gasteiger partial charge on any atom is -0.455 e. The van der Waals surface area contributed by atoms with Crippen LogP contribution in [0, 0.1) is 0 Å². The summed E-state index contributed by atoms with van der Waals surface area (Å²) < 4.78 is 7.20. The van der Waals surface area contributed by atoms with Gasteiger partial charge in [0.15, 0.2) is 5.82 Å². The number of nitrogens with zero attached hydrogens (tertiary/aromatic N) is 2. The molecule has 0 N–H and O–H groups in total. The highest BCUT2D eigenvalue weighted by atomic mass is 16.3. The fourth-order valence-electron chi connectivity index (χ4n) is 8.87. The van der Waals surface area contributed by atoms with Crippen LogP contribution in [0.2, 0.25) is 0 Å². The summed E-state index contributed by atoms with van der Waals surface area (Å²) in [4.78, 5) is 10.5. The van der Waals surface area contributed by atoms with Gasteiger partial charge in [0.1, 0.15) is 11.2 Å². The van der Waals surface area contributed by atoms with Gasteiger partial charge in [0.25, 0.3) is 0 Å². The van der Waals surface area contributed by atoms with Crippen molar-refractivity contribution in [2.75, 3.05) is 0 Å². The second kappa shape index (κ2) is 15.8. The fraction of sp³-hybridized carbons (Fsp3) is 0.133. The molecule has 63 heavy (non-hydrogen) atoms. The quantitative estimate of drug-likeness (QED) is 0.161. The van der Waals surface area contributed by atoms with Crippen molar-refractivity contribution in [2.45, 2.75) is 52.4 Å². The van der Waals surface area contributed by atoms with Crippen LogP contribution in [0.25, 0.3) is 100 Å². The van der Waals surface area contributed by atoms with E-state index in [-0.39, 0.29) is 10.8 Å². The van der Waals surface area contributed by atoms with Gasteiger partial charge in [0.2, 0.25) is 0 Å². The van der Waals surface area contributed by atoms with Crippen LogP contribution in [-0.4, -0.2) is 9.97 Å². The average Bonchev–Trinajstić information content (AvgIpc) is 3.70. The Hall–Kier alpha value is -7.36. The summed E-state index contributed by atoms with van der Waals surface area (Å²) in [6.07, 6.45) is 0. The molecule has 2 heterocycles. The lowest BCUT2D eigenvalue weighted by Crippen LogP contribution is -2.12. The largest absolute Gasteiger partial charge is 0.455 e. The van der Waals surface area contributed by atoms with Gasteiger partial charge in [-0.05, 0) is 80.1 Å². The van der Waals surface area contributed by atoms with E-state index in [1.807, 2.05) is 6.07 Å². The van der Waals surface area contributed by atoms with E-state index in [0.29, 0.717) is 5.82 Å². The van der Waals surface area contributed by atoms with Gasteiger partial charge in [-0.15, -0.1) is 0 Å². The monoisotopic (exact) mass is 814 g/mol. The highest BCUT2D eigenvalue weighted by Crippen LogP contribution is 2.49. The lowest BCUT2D eigenvalue weighted by Gasteiger charge is -2.23. The van der Waals surface area contributed by atoms with Crippen molar-refractivity contribution in [3.8, 4) is 78.4 Å². The summed E-state index contributed by atoms with van der Waals surface area (Å²) in [5, 5.41) is 2.28. The highest BCUT2D eigenvalue weighted by molar-refractivity contribution is 6.18. The Balaban J connectivity index is 1.18. The van der Waals surface area contributed by atoms with Gasteiger partial charge in [0, 0.05) is 44.2 Å². The van der Waals surface area contributed by atoms with Crippen LogP contribution in [0.4, 0.5) is 0 Å². The summed E-state index contributed by atoms with van der Waals surface area (Å²) in [6, 6.07) is 69.0. The Labute approximate surface area is 370 Å². The van der Waals surface area contributed by atoms with Crippen LogP contribution in [-0.2, 0) is 10.8 Å². The van der Waals surface area contributed by atoms with E-state index >= 15 is 0 Å². The van der Waals surface area contributed by atoms with Crippen LogP contribution in [0.15, 0.2) is 199 Å². The summed E-state index contributed by atoms with van der Waals surface area (Å²) in [7, 11) is 0. The second-order valence-electron chi connectivity index (χ2n) is 18.6. The molecule has 0 unspecified atom stereocenters. The van der Waals surface area contributed by atoms with Crippen molar-refractivity contribution in [3.63, 3.8) is 0 Å². The molecule has 3 heteroatoms. The third-order valence-corrected chi connectivity index (χ3v) is 12.1. The van der Waals surface area contributed by atoms with E-state index < -0.39 is 0 Å². The molecule has 0 amide bonds. The zero-order valence-corrected chi connectivity index (χ0v) is 36.8. The predicted molar refractivity (Wildman–Crippen MR) is 265 cm³/mol. The number of hydrogen-bond acceptors (Lipinski definition) is 3. The molecule has 3 nitrogen and oxygen atoms in total. The number of furan rings is 1. The average molecular weight is 815 g/mol. The first kappa shape index (κ1) is 39.8. The first-order valence-corrected chi connectivity index (χ1v) is 21.9. The molecule has 0 aliphatic heterocycles. The summed E-state index contributed by atoms with van der Waals surface area (Å²) in [5.74, 6) is 0.682. The van der Waals surface area contributed by atoms with Gasteiger partial charge < -0.3 is 4.42 Å². The number of aromatic nitrogens is 2. The van der Waals surface area contributed by atoms with Crippen LogP contribution in [0.1, 0.15) is 52.7 Å². The Morgan fingerprint density at radius 1 is 0.349 bits per heavy atom. The second-order valence-corrected chi connectivity index (χ2v) is 18.6. The van der Waals surface area contributed by atoms with Crippen molar-refractivity contribution in [3.05, 3.63) is 205 Å². The summed E-state index contributed by atoms with van der Waals surface area (Å²) in [5.41, 5.74) is 18.0. The van der Waals surface area contributed by atoms with Crippen molar-refractivity contribution >= 4 is 21.9 Å². The maximum atomic E-state index is 7.20. The van der Waals surface area contributed by atoms with E-state index in [1.165, 1.54) is 27.8 Å². The maximum Gasteiger partial charge on any atom is 0.160 e. The van der Waals surface area contributed by atoms with Crippen molar-refractivity contribution in [1.82, 2.24) is 9.97 Å². The molecule has 0 bridgehead atoms. The lowest BCUT2D eigenvalue weighted by atomic mass is 9.80. The first-order chi connectivity index (χ1) is 30.5. The molecule has 2 aromatic heterocycles. The third-order valence-electron chi connectivity index (χ3n) is 12.1. The van der Waals surface area contributed by atoms with E-state index in [2.05, 4.69) is 230 Å².